The van der Waals surface area contributed by atoms with Gasteiger partial charge >= 0.3 is 5.97 Å². The SMILES string of the molecule is CCCCc1c(C(=O)O)c2ccccc2c2ccccc12. The van der Waals surface area contributed by atoms with E-state index in [0.717, 1.165) is 46.4 Å². The van der Waals surface area contributed by atoms with Crippen LogP contribution in [0.2, 0.25) is 0 Å². The Hall–Kier alpha value is -2.35. The van der Waals surface area contributed by atoms with Gasteiger partial charge in [0.05, 0.1) is 5.56 Å². The molecule has 0 heterocycles. The van der Waals surface area contributed by atoms with Gasteiger partial charge in [-0.25, -0.2) is 4.79 Å². The molecule has 0 saturated heterocycles. The maximum atomic E-state index is 11.8. The van der Waals surface area contributed by atoms with E-state index in [4.69, 9.17) is 0 Å². The van der Waals surface area contributed by atoms with Crippen molar-refractivity contribution in [2.24, 2.45) is 0 Å². The van der Waals surface area contributed by atoms with E-state index < -0.39 is 5.97 Å². The summed E-state index contributed by atoms with van der Waals surface area (Å²) in [6.45, 7) is 2.13. The van der Waals surface area contributed by atoms with Crippen LogP contribution >= 0.6 is 0 Å². The number of carbonyl (C=O) groups is 1. The molecule has 0 fully saturated rings. The minimum Gasteiger partial charge on any atom is -0.478 e. The van der Waals surface area contributed by atoms with Crippen LogP contribution in [-0.4, -0.2) is 11.1 Å². The molecule has 0 atom stereocenters. The van der Waals surface area contributed by atoms with E-state index in [1.54, 1.807) is 0 Å². The molecule has 3 aromatic carbocycles. The van der Waals surface area contributed by atoms with E-state index in [0.29, 0.717) is 5.56 Å². The highest BCUT2D eigenvalue weighted by molar-refractivity contribution is 6.17. The summed E-state index contributed by atoms with van der Waals surface area (Å²) in [7, 11) is 0. The van der Waals surface area contributed by atoms with Crippen LogP contribution in [0.5, 0.6) is 0 Å². The molecule has 1 N–H and O–H groups in total. The Morgan fingerprint density at radius 3 is 2.00 bits per heavy atom. The first-order chi connectivity index (χ1) is 10.2. The number of aromatic carboxylic acids is 1. The number of hydrogen-bond donors (Lipinski definition) is 1. The smallest absolute Gasteiger partial charge is 0.336 e. The second-order valence-corrected chi connectivity index (χ2v) is 5.35. The molecule has 0 amide bonds. The Morgan fingerprint density at radius 2 is 1.43 bits per heavy atom. The summed E-state index contributed by atoms with van der Waals surface area (Å²) in [5, 5.41) is 13.8. The summed E-state index contributed by atoms with van der Waals surface area (Å²) < 4.78 is 0. The molecular weight excluding hydrogens is 260 g/mol. The van der Waals surface area contributed by atoms with Crippen LogP contribution in [-0.2, 0) is 6.42 Å². The molecular formula is C19H18O2. The van der Waals surface area contributed by atoms with Crippen molar-refractivity contribution in [1.82, 2.24) is 0 Å². The average molecular weight is 278 g/mol. The third-order valence-corrected chi connectivity index (χ3v) is 4.03. The van der Waals surface area contributed by atoms with Gasteiger partial charge in [0.25, 0.3) is 0 Å². The van der Waals surface area contributed by atoms with Crippen LogP contribution in [0.1, 0.15) is 35.7 Å². The molecule has 0 aliphatic heterocycles. The molecule has 0 aliphatic rings. The van der Waals surface area contributed by atoms with Crippen molar-refractivity contribution in [2.45, 2.75) is 26.2 Å². The molecule has 0 radical (unpaired) electrons. The van der Waals surface area contributed by atoms with Gasteiger partial charge in [-0.3, -0.25) is 0 Å². The van der Waals surface area contributed by atoms with Gasteiger partial charge in [0.15, 0.2) is 0 Å². The lowest BCUT2D eigenvalue weighted by Crippen LogP contribution is -2.05. The second-order valence-electron chi connectivity index (χ2n) is 5.35. The molecule has 0 saturated carbocycles. The van der Waals surface area contributed by atoms with Crippen LogP contribution in [0.3, 0.4) is 0 Å². The Labute approximate surface area is 124 Å². The molecule has 106 valence electrons. The number of benzene rings is 3. The topological polar surface area (TPSA) is 37.3 Å². The first kappa shape index (κ1) is 13.6. The number of carboxylic acids is 1. The lowest BCUT2D eigenvalue weighted by Gasteiger charge is -2.14. The van der Waals surface area contributed by atoms with Gasteiger partial charge in [0.2, 0.25) is 0 Å². The Kier molecular flexibility index (Phi) is 3.61. The lowest BCUT2D eigenvalue weighted by atomic mass is 9.89. The normalized spacial score (nSPS) is 11.1. The van der Waals surface area contributed by atoms with Crippen molar-refractivity contribution < 1.29 is 9.90 Å². The molecule has 0 aliphatic carbocycles. The number of rotatable bonds is 4. The van der Waals surface area contributed by atoms with Crippen LogP contribution < -0.4 is 0 Å². The highest BCUT2D eigenvalue weighted by atomic mass is 16.4. The molecule has 3 aromatic rings. The summed E-state index contributed by atoms with van der Waals surface area (Å²) in [5.74, 6) is -0.831. The van der Waals surface area contributed by atoms with E-state index >= 15 is 0 Å². The zero-order valence-electron chi connectivity index (χ0n) is 12.1. The second kappa shape index (κ2) is 5.57. The van der Waals surface area contributed by atoms with Crippen molar-refractivity contribution in [1.29, 1.82) is 0 Å². The zero-order valence-corrected chi connectivity index (χ0v) is 12.1. The summed E-state index contributed by atoms with van der Waals surface area (Å²) in [6.07, 6.45) is 2.87. The van der Waals surface area contributed by atoms with E-state index in [1.807, 2.05) is 42.5 Å². The molecule has 0 spiro atoms. The molecule has 0 unspecified atom stereocenters. The minimum atomic E-state index is -0.831. The number of hydrogen-bond acceptors (Lipinski definition) is 1. The Balaban J connectivity index is 2.48. The molecule has 0 aromatic heterocycles. The fourth-order valence-electron chi connectivity index (χ4n) is 3.07. The van der Waals surface area contributed by atoms with Gasteiger partial charge in [-0.15, -0.1) is 0 Å². The standard InChI is InChI=1S/C19H18O2/c1-2-3-8-16-14-10-5-4-9-13(14)15-11-6-7-12-17(15)18(16)19(20)21/h4-7,9-12H,2-3,8H2,1H3,(H,20,21). The van der Waals surface area contributed by atoms with E-state index in [1.165, 1.54) is 0 Å². The van der Waals surface area contributed by atoms with Gasteiger partial charge in [-0.05, 0) is 39.9 Å². The highest BCUT2D eigenvalue weighted by Gasteiger charge is 2.18. The first-order valence-corrected chi connectivity index (χ1v) is 7.39. The fraction of sp³-hybridized carbons (Fsp3) is 0.211. The largest absolute Gasteiger partial charge is 0.478 e. The monoisotopic (exact) mass is 278 g/mol. The summed E-state index contributed by atoms with van der Waals surface area (Å²) in [6, 6.07) is 15.9. The highest BCUT2D eigenvalue weighted by Crippen LogP contribution is 2.33. The van der Waals surface area contributed by atoms with Gasteiger partial charge in [-0.2, -0.15) is 0 Å². The quantitative estimate of drug-likeness (QED) is 0.679. The first-order valence-electron chi connectivity index (χ1n) is 7.39. The number of fused-ring (bicyclic) bond motifs is 3. The third kappa shape index (κ3) is 2.27. The van der Waals surface area contributed by atoms with Gasteiger partial charge in [-0.1, -0.05) is 61.9 Å². The zero-order chi connectivity index (χ0) is 14.8. The molecule has 21 heavy (non-hydrogen) atoms. The van der Waals surface area contributed by atoms with Crippen molar-refractivity contribution in [3.8, 4) is 0 Å². The van der Waals surface area contributed by atoms with Crippen molar-refractivity contribution in [3.63, 3.8) is 0 Å². The predicted octanol–water partition coefficient (Wildman–Crippen LogP) is 5.03. The van der Waals surface area contributed by atoms with Gasteiger partial charge in [0.1, 0.15) is 0 Å². The maximum Gasteiger partial charge on any atom is 0.336 e. The molecule has 3 rings (SSSR count). The summed E-state index contributed by atoms with van der Waals surface area (Å²) >= 11 is 0. The number of unbranched alkanes of at least 4 members (excludes halogenated alkanes) is 1. The fourth-order valence-corrected chi connectivity index (χ4v) is 3.07. The molecule has 2 heteroatoms. The van der Waals surface area contributed by atoms with Crippen LogP contribution in [0.15, 0.2) is 48.5 Å². The Morgan fingerprint density at radius 1 is 0.905 bits per heavy atom. The summed E-state index contributed by atoms with van der Waals surface area (Å²) in [5.41, 5.74) is 1.44. The number of aryl methyl sites for hydroxylation is 1. The van der Waals surface area contributed by atoms with Crippen molar-refractivity contribution in [3.05, 3.63) is 59.7 Å². The maximum absolute atomic E-state index is 11.8. The van der Waals surface area contributed by atoms with Crippen LogP contribution in [0.25, 0.3) is 21.5 Å². The van der Waals surface area contributed by atoms with Crippen molar-refractivity contribution in [2.75, 3.05) is 0 Å². The average Bonchev–Trinajstić information content (AvgIpc) is 2.52. The van der Waals surface area contributed by atoms with Crippen LogP contribution in [0, 0.1) is 0 Å². The third-order valence-electron chi connectivity index (χ3n) is 4.03. The van der Waals surface area contributed by atoms with E-state index in [2.05, 4.69) is 13.0 Å². The minimum absolute atomic E-state index is 0.470. The van der Waals surface area contributed by atoms with E-state index in [9.17, 15) is 9.90 Å². The van der Waals surface area contributed by atoms with Gasteiger partial charge < -0.3 is 5.11 Å². The predicted molar refractivity (Wildman–Crippen MR) is 87.0 cm³/mol. The Bertz CT molecular complexity index is 818. The number of carboxylic acid groups (broad SMARTS) is 1. The van der Waals surface area contributed by atoms with Crippen molar-refractivity contribution >= 4 is 27.5 Å². The molecule has 2 nitrogen and oxygen atoms in total. The summed E-state index contributed by atoms with van der Waals surface area (Å²) in [4.78, 5) is 11.8. The lowest BCUT2D eigenvalue weighted by molar-refractivity contribution is 0.0698. The van der Waals surface area contributed by atoms with E-state index in [-0.39, 0.29) is 0 Å². The van der Waals surface area contributed by atoms with Gasteiger partial charge in [0, 0.05) is 0 Å². The van der Waals surface area contributed by atoms with Crippen LogP contribution in [0.4, 0.5) is 0 Å². The molecule has 0 bridgehead atoms.